The highest BCUT2D eigenvalue weighted by atomic mass is 19.4. The van der Waals surface area contributed by atoms with Crippen LogP contribution in [0.4, 0.5) is 13.2 Å². The normalized spacial score (nSPS) is 28.3. The first-order valence-corrected chi connectivity index (χ1v) is 4.51. The van der Waals surface area contributed by atoms with E-state index in [1.54, 1.807) is 0 Å². The van der Waals surface area contributed by atoms with Gasteiger partial charge in [0.1, 0.15) is 13.4 Å². The third-order valence-corrected chi connectivity index (χ3v) is 2.13. The molecule has 2 N–H and O–H groups in total. The zero-order valence-corrected chi connectivity index (χ0v) is 7.72. The van der Waals surface area contributed by atoms with E-state index in [1.807, 2.05) is 0 Å². The average molecular weight is 213 g/mol. The highest BCUT2D eigenvalue weighted by molar-refractivity contribution is 4.80. The summed E-state index contributed by atoms with van der Waals surface area (Å²) < 4.78 is 44.3. The fraction of sp³-hybridized carbons (Fsp3) is 1.00. The number of rotatable bonds is 4. The Bertz CT molecular complexity index is 174. The first-order valence-electron chi connectivity index (χ1n) is 4.51. The monoisotopic (exact) mass is 213 g/mol. The van der Waals surface area contributed by atoms with Gasteiger partial charge < -0.3 is 15.2 Å². The molecule has 1 aliphatic rings. The van der Waals surface area contributed by atoms with Gasteiger partial charge >= 0.3 is 6.18 Å². The molecule has 0 aromatic rings. The van der Waals surface area contributed by atoms with Crippen LogP contribution in [0.3, 0.4) is 0 Å². The molecule has 0 radical (unpaired) electrons. The van der Waals surface area contributed by atoms with Gasteiger partial charge in [-0.2, -0.15) is 13.2 Å². The summed E-state index contributed by atoms with van der Waals surface area (Å²) in [7, 11) is 0. The Hall–Kier alpha value is -0.330. The number of hydrogen-bond acceptors (Lipinski definition) is 3. The molecule has 14 heavy (non-hydrogen) atoms. The Morgan fingerprint density at radius 3 is 2.50 bits per heavy atom. The molecule has 0 saturated heterocycles. The largest absolute Gasteiger partial charge is 0.411 e. The summed E-state index contributed by atoms with van der Waals surface area (Å²) >= 11 is 0. The van der Waals surface area contributed by atoms with Crippen molar-refractivity contribution in [3.8, 4) is 0 Å². The van der Waals surface area contributed by atoms with Gasteiger partial charge in [-0.15, -0.1) is 0 Å². The predicted octanol–water partition coefficient (Wildman–Crippen LogP) is 1.42. The summed E-state index contributed by atoms with van der Waals surface area (Å²) in [6, 6.07) is -0.0653. The van der Waals surface area contributed by atoms with Gasteiger partial charge in [0.25, 0.3) is 0 Å². The summed E-state index contributed by atoms with van der Waals surface area (Å²) in [6.45, 7) is -1.60. The van der Waals surface area contributed by atoms with Crippen LogP contribution >= 0.6 is 0 Å². The molecule has 3 nitrogen and oxygen atoms in total. The maximum absolute atomic E-state index is 11.6. The predicted molar refractivity (Wildman–Crippen MR) is 43.6 cm³/mol. The van der Waals surface area contributed by atoms with Gasteiger partial charge in [0.2, 0.25) is 0 Å². The van der Waals surface area contributed by atoms with Crippen molar-refractivity contribution in [3.05, 3.63) is 0 Å². The van der Waals surface area contributed by atoms with E-state index in [4.69, 9.17) is 10.5 Å². The summed E-state index contributed by atoms with van der Waals surface area (Å²) in [4.78, 5) is 0. The van der Waals surface area contributed by atoms with Crippen LogP contribution in [0.25, 0.3) is 0 Å². The van der Waals surface area contributed by atoms with Crippen LogP contribution in [0.2, 0.25) is 0 Å². The van der Waals surface area contributed by atoms with E-state index in [-0.39, 0.29) is 18.9 Å². The molecule has 1 fully saturated rings. The lowest BCUT2D eigenvalue weighted by molar-refractivity contribution is -0.203. The maximum atomic E-state index is 11.6. The minimum atomic E-state index is -4.29. The summed E-state index contributed by atoms with van der Waals surface area (Å²) in [5.41, 5.74) is 5.64. The van der Waals surface area contributed by atoms with Gasteiger partial charge in [-0.05, 0) is 19.3 Å². The quantitative estimate of drug-likeness (QED) is 0.567. The second kappa shape index (κ2) is 4.95. The Morgan fingerprint density at radius 1 is 1.29 bits per heavy atom. The van der Waals surface area contributed by atoms with Crippen LogP contribution in [0.1, 0.15) is 19.3 Å². The topological polar surface area (TPSA) is 44.5 Å². The minimum Gasteiger partial charge on any atom is -0.351 e. The second-order valence-electron chi connectivity index (χ2n) is 3.38. The van der Waals surface area contributed by atoms with E-state index in [2.05, 4.69) is 4.74 Å². The molecule has 6 heteroatoms. The lowest BCUT2D eigenvalue weighted by Gasteiger charge is -2.16. The van der Waals surface area contributed by atoms with Gasteiger partial charge in [0, 0.05) is 6.04 Å². The van der Waals surface area contributed by atoms with Gasteiger partial charge in [0.15, 0.2) is 0 Å². The second-order valence-corrected chi connectivity index (χ2v) is 3.38. The smallest absolute Gasteiger partial charge is 0.351 e. The molecule has 84 valence electrons. The molecular weight excluding hydrogens is 199 g/mol. The fourth-order valence-electron chi connectivity index (χ4n) is 1.45. The molecule has 1 aliphatic carbocycles. The van der Waals surface area contributed by atoms with Crippen molar-refractivity contribution < 1.29 is 22.6 Å². The van der Waals surface area contributed by atoms with Gasteiger partial charge in [-0.1, -0.05) is 0 Å². The lowest BCUT2D eigenvalue weighted by Crippen LogP contribution is -2.32. The zero-order chi connectivity index (χ0) is 10.6. The Labute approximate surface area is 80.4 Å². The van der Waals surface area contributed by atoms with Crippen molar-refractivity contribution >= 4 is 0 Å². The van der Waals surface area contributed by atoms with Crippen molar-refractivity contribution in [2.75, 3.05) is 13.4 Å². The molecule has 1 rings (SSSR count). The van der Waals surface area contributed by atoms with E-state index >= 15 is 0 Å². The molecule has 2 atom stereocenters. The lowest BCUT2D eigenvalue weighted by atomic mass is 10.2. The molecule has 0 heterocycles. The maximum Gasteiger partial charge on any atom is 0.411 e. The number of hydrogen-bond donors (Lipinski definition) is 1. The van der Waals surface area contributed by atoms with E-state index in [9.17, 15) is 13.2 Å². The Kier molecular flexibility index (Phi) is 4.15. The van der Waals surface area contributed by atoms with Crippen molar-refractivity contribution in [3.63, 3.8) is 0 Å². The van der Waals surface area contributed by atoms with Gasteiger partial charge in [0.05, 0.1) is 6.10 Å². The minimum absolute atomic E-state index is 0.0653. The van der Waals surface area contributed by atoms with Crippen molar-refractivity contribution in [2.45, 2.75) is 37.6 Å². The third kappa shape index (κ3) is 4.26. The molecule has 0 amide bonds. The summed E-state index contributed by atoms with van der Waals surface area (Å²) in [5.74, 6) is 0. The van der Waals surface area contributed by atoms with Gasteiger partial charge in [-0.3, -0.25) is 0 Å². The van der Waals surface area contributed by atoms with Crippen LogP contribution in [-0.4, -0.2) is 31.7 Å². The molecule has 0 aromatic carbocycles. The molecule has 0 spiro atoms. The molecule has 1 saturated carbocycles. The highest BCUT2D eigenvalue weighted by Crippen LogP contribution is 2.20. The van der Waals surface area contributed by atoms with Crippen LogP contribution in [0.15, 0.2) is 0 Å². The molecule has 0 bridgehead atoms. The van der Waals surface area contributed by atoms with Gasteiger partial charge in [-0.25, -0.2) is 0 Å². The number of nitrogens with two attached hydrogens (primary N) is 1. The molecule has 0 aliphatic heterocycles. The van der Waals surface area contributed by atoms with Crippen LogP contribution in [-0.2, 0) is 9.47 Å². The van der Waals surface area contributed by atoms with Crippen LogP contribution < -0.4 is 5.73 Å². The van der Waals surface area contributed by atoms with E-state index in [1.165, 1.54) is 0 Å². The summed E-state index contributed by atoms with van der Waals surface area (Å²) in [5, 5.41) is 0. The zero-order valence-electron chi connectivity index (χ0n) is 7.72. The van der Waals surface area contributed by atoms with Crippen LogP contribution in [0, 0.1) is 0 Å². The van der Waals surface area contributed by atoms with E-state index in [0.717, 1.165) is 19.3 Å². The Balaban J connectivity index is 2.04. The van der Waals surface area contributed by atoms with Crippen molar-refractivity contribution in [2.24, 2.45) is 5.73 Å². The molecular formula is C8H14F3NO2. The number of alkyl halides is 3. The van der Waals surface area contributed by atoms with Crippen LogP contribution in [0.5, 0.6) is 0 Å². The molecule has 2 unspecified atom stereocenters. The standard InChI is InChI=1S/C8H14F3NO2/c9-8(10,11)4-13-5-14-7-3-1-2-6(7)12/h6-7H,1-5,12H2. The number of ether oxygens (including phenoxy) is 2. The first-order chi connectivity index (χ1) is 6.49. The van der Waals surface area contributed by atoms with Crippen molar-refractivity contribution in [1.29, 1.82) is 0 Å². The molecule has 0 aromatic heterocycles. The first kappa shape index (κ1) is 11.7. The average Bonchev–Trinajstić information content (AvgIpc) is 2.44. The third-order valence-electron chi connectivity index (χ3n) is 2.13. The van der Waals surface area contributed by atoms with Crippen molar-refractivity contribution in [1.82, 2.24) is 0 Å². The Morgan fingerprint density at radius 2 is 2.00 bits per heavy atom. The SMILES string of the molecule is NC1CCCC1OCOCC(F)(F)F. The fourth-order valence-corrected chi connectivity index (χ4v) is 1.45. The van der Waals surface area contributed by atoms with E-state index in [0.29, 0.717) is 0 Å². The highest BCUT2D eigenvalue weighted by Gasteiger charge is 2.28. The summed E-state index contributed by atoms with van der Waals surface area (Å²) in [6.07, 6.45) is -1.81. The number of halogens is 3. The van der Waals surface area contributed by atoms with E-state index < -0.39 is 12.8 Å².